The van der Waals surface area contributed by atoms with Gasteiger partial charge in [-0.1, -0.05) is 17.4 Å². The number of hydrogen-bond acceptors (Lipinski definition) is 5. The van der Waals surface area contributed by atoms with E-state index >= 15 is 0 Å². The Morgan fingerprint density at radius 1 is 1.20 bits per heavy atom. The smallest absolute Gasteiger partial charge is 0.264 e. The van der Waals surface area contributed by atoms with Crippen LogP contribution in [0.5, 0.6) is 11.5 Å². The molecule has 5 nitrogen and oxygen atoms in total. The normalized spacial score (nSPS) is 10.7. The molecule has 0 unspecified atom stereocenters. The van der Waals surface area contributed by atoms with Crippen LogP contribution in [0.1, 0.15) is 5.56 Å². The molecule has 25 heavy (non-hydrogen) atoms. The van der Waals surface area contributed by atoms with Crippen LogP contribution in [0.3, 0.4) is 0 Å². The van der Waals surface area contributed by atoms with E-state index in [1.54, 1.807) is 12.1 Å². The summed E-state index contributed by atoms with van der Waals surface area (Å²) >= 11 is 1.05. The number of nitrogens with zero attached hydrogens (tertiary/aromatic N) is 1. The van der Waals surface area contributed by atoms with E-state index in [-0.39, 0.29) is 17.3 Å². The third-order valence-corrected chi connectivity index (χ3v) is 4.29. The lowest BCUT2D eigenvalue weighted by Crippen LogP contribution is -2.20. The molecular weight excluding hydrogens is 350 g/mol. The van der Waals surface area contributed by atoms with E-state index in [9.17, 15) is 13.6 Å². The number of carbonyl (C=O) groups excluding carboxylic acids is 1. The molecule has 0 fully saturated rings. The van der Waals surface area contributed by atoms with Gasteiger partial charge in [0.05, 0.1) is 17.3 Å². The molecule has 0 aliphatic carbocycles. The largest absolute Gasteiger partial charge is 0.493 e. The number of anilines is 1. The van der Waals surface area contributed by atoms with Gasteiger partial charge in [-0.2, -0.15) is 0 Å². The first kappa shape index (κ1) is 17.1. The summed E-state index contributed by atoms with van der Waals surface area (Å²) in [7, 11) is 1.51. The van der Waals surface area contributed by atoms with Crippen molar-refractivity contribution in [3.8, 4) is 11.5 Å². The maximum atomic E-state index is 13.2. The average molecular weight is 364 g/mol. The van der Waals surface area contributed by atoms with Crippen molar-refractivity contribution in [2.45, 2.75) is 6.92 Å². The minimum atomic E-state index is -0.981. The van der Waals surface area contributed by atoms with E-state index in [0.29, 0.717) is 16.2 Å². The van der Waals surface area contributed by atoms with Crippen LogP contribution in [0, 0.1) is 18.6 Å². The fraction of sp³-hybridized carbons (Fsp3) is 0.176. The molecule has 0 saturated heterocycles. The molecule has 0 radical (unpaired) electrons. The Bertz CT molecular complexity index is 904. The van der Waals surface area contributed by atoms with Crippen LogP contribution in [0.4, 0.5) is 13.9 Å². The van der Waals surface area contributed by atoms with E-state index in [1.165, 1.54) is 7.11 Å². The van der Waals surface area contributed by atoms with Crippen LogP contribution in [-0.2, 0) is 4.79 Å². The number of benzene rings is 2. The van der Waals surface area contributed by atoms with Gasteiger partial charge in [-0.3, -0.25) is 10.1 Å². The summed E-state index contributed by atoms with van der Waals surface area (Å²) in [4.78, 5) is 16.1. The van der Waals surface area contributed by atoms with E-state index in [1.807, 2.05) is 13.0 Å². The topological polar surface area (TPSA) is 60.5 Å². The van der Waals surface area contributed by atoms with Gasteiger partial charge in [0.15, 0.2) is 34.9 Å². The van der Waals surface area contributed by atoms with Crippen LogP contribution >= 0.6 is 11.3 Å². The summed E-state index contributed by atoms with van der Waals surface area (Å²) in [6.45, 7) is 1.66. The van der Waals surface area contributed by atoms with Crippen molar-refractivity contribution < 1.29 is 23.0 Å². The van der Waals surface area contributed by atoms with Crippen molar-refractivity contribution in [2.75, 3.05) is 19.0 Å². The Kier molecular flexibility index (Phi) is 4.80. The Labute approximate surface area is 146 Å². The standard InChI is InChI=1S/C17H14F2N2O3S/c1-9-3-4-13(14(5-9)23-2)24-8-16(22)21-17-20-12-6-10(18)11(19)7-15(12)25-17/h3-7H,8H2,1-2H3,(H,20,21,22). The molecule has 130 valence electrons. The van der Waals surface area contributed by atoms with Gasteiger partial charge in [0.1, 0.15) is 0 Å². The van der Waals surface area contributed by atoms with Gasteiger partial charge in [0.25, 0.3) is 5.91 Å². The predicted molar refractivity (Wildman–Crippen MR) is 91.4 cm³/mol. The lowest BCUT2D eigenvalue weighted by atomic mass is 10.2. The molecule has 1 N–H and O–H groups in total. The molecule has 3 aromatic rings. The van der Waals surface area contributed by atoms with E-state index in [0.717, 1.165) is 29.0 Å². The van der Waals surface area contributed by atoms with Crippen LogP contribution in [-0.4, -0.2) is 24.6 Å². The van der Waals surface area contributed by atoms with Crippen LogP contribution in [0.15, 0.2) is 30.3 Å². The van der Waals surface area contributed by atoms with Gasteiger partial charge in [-0.05, 0) is 30.7 Å². The average Bonchev–Trinajstić information content (AvgIpc) is 2.94. The van der Waals surface area contributed by atoms with E-state index < -0.39 is 17.5 Å². The zero-order chi connectivity index (χ0) is 18.0. The van der Waals surface area contributed by atoms with Gasteiger partial charge >= 0.3 is 0 Å². The molecule has 0 aliphatic rings. The monoisotopic (exact) mass is 364 g/mol. The van der Waals surface area contributed by atoms with Gasteiger partial charge < -0.3 is 9.47 Å². The highest BCUT2D eigenvalue weighted by atomic mass is 32.1. The maximum absolute atomic E-state index is 13.2. The third kappa shape index (κ3) is 3.85. The second-order valence-electron chi connectivity index (χ2n) is 5.24. The molecule has 0 bridgehead atoms. The zero-order valence-electron chi connectivity index (χ0n) is 13.4. The number of halogens is 2. The Morgan fingerprint density at radius 2 is 1.96 bits per heavy atom. The summed E-state index contributed by atoms with van der Waals surface area (Å²) in [6.07, 6.45) is 0. The van der Waals surface area contributed by atoms with E-state index in [4.69, 9.17) is 9.47 Å². The molecular formula is C17H14F2N2O3S. The second kappa shape index (κ2) is 7.02. The molecule has 1 aromatic heterocycles. The van der Waals surface area contributed by atoms with Crippen molar-refractivity contribution in [3.63, 3.8) is 0 Å². The van der Waals surface area contributed by atoms with Crippen LogP contribution in [0.25, 0.3) is 10.2 Å². The van der Waals surface area contributed by atoms with Gasteiger partial charge in [0, 0.05) is 6.07 Å². The van der Waals surface area contributed by atoms with Crippen LogP contribution < -0.4 is 14.8 Å². The van der Waals surface area contributed by atoms with Crippen molar-refractivity contribution >= 4 is 32.6 Å². The molecule has 0 spiro atoms. The quantitative estimate of drug-likeness (QED) is 0.746. The number of hydrogen-bond donors (Lipinski definition) is 1. The minimum Gasteiger partial charge on any atom is -0.493 e. The number of thiazole rings is 1. The van der Waals surface area contributed by atoms with Gasteiger partial charge in [0.2, 0.25) is 0 Å². The first-order valence-corrected chi connectivity index (χ1v) is 8.11. The summed E-state index contributed by atoms with van der Waals surface area (Å²) in [5.41, 5.74) is 1.28. The van der Waals surface area contributed by atoms with Crippen molar-refractivity contribution in [1.82, 2.24) is 4.98 Å². The lowest BCUT2D eigenvalue weighted by Gasteiger charge is -2.10. The first-order chi connectivity index (χ1) is 12.0. The number of ether oxygens (including phenoxy) is 2. The van der Waals surface area contributed by atoms with E-state index in [2.05, 4.69) is 10.3 Å². The molecule has 3 rings (SSSR count). The minimum absolute atomic E-state index is 0.240. The Hall–Kier alpha value is -2.74. The molecule has 1 heterocycles. The number of rotatable bonds is 5. The zero-order valence-corrected chi connectivity index (χ0v) is 14.2. The Morgan fingerprint density at radius 3 is 2.72 bits per heavy atom. The molecule has 8 heteroatoms. The molecule has 0 aliphatic heterocycles. The second-order valence-corrected chi connectivity index (χ2v) is 6.27. The van der Waals surface area contributed by atoms with Gasteiger partial charge in [-0.15, -0.1) is 0 Å². The first-order valence-electron chi connectivity index (χ1n) is 7.29. The molecule has 1 amide bonds. The molecule has 2 aromatic carbocycles. The number of nitrogens with one attached hydrogen (secondary N) is 1. The lowest BCUT2D eigenvalue weighted by molar-refractivity contribution is -0.118. The fourth-order valence-electron chi connectivity index (χ4n) is 2.17. The summed E-state index contributed by atoms with van der Waals surface area (Å²) < 4.78 is 37.5. The van der Waals surface area contributed by atoms with Gasteiger partial charge in [-0.25, -0.2) is 13.8 Å². The van der Waals surface area contributed by atoms with Crippen molar-refractivity contribution in [2.24, 2.45) is 0 Å². The number of methoxy groups -OCH3 is 1. The summed E-state index contributed by atoms with van der Waals surface area (Å²) in [5, 5.41) is 2.79. The maximum Gasteiger partial charge on any atom is 0.264 e. The summed E-state index contributed by atoms with van der Waals surface area (Å²) in [5.74, 6) is -1.41. The highest BCUT2D eigenvalue weighted by Gasteiger charge is 2.13. The highest BCUT2D eigenvalue weighted by molar-refractivity contribution is 7.22. The number of carbonyl (C=O) groups is 1. The fourth-order valence-corrected chi connectivity index (χ4v) is 3.06. The van der Waals surface area contributed by atoms with Crippen LogP contribution in [0.2, 0.25) is 0 Å². The molecule has 0 saturated carbocycles. The highest BCUT2D eigenvalue weighted by Crippen LogP contribution is 2.29. The van der Waals surface area contributed by atoms with Crippen molar-refractivity contribution in [3.05, 3.63) is 47.5 Å². The molecule has 0 atom stereocenters. The SMILES string of the molecule is COc1cc(C)ccc1OCC(=O)Nc1nc2cc(F)c(F)cc2s1. The van der Waals surface area contributed by atoms with Crippen molar-refractivity contribution in [1.29, 1.82) is 0 Å². The number of aryl methyl sites for hydroxylation is 1. The summed E-state index contributed by atoms with van der Waals surface area (Å²) in [6, 6.07) is 7.39. The number of fused-ring (bicyclic) bond motifs is 1. The predicted octanol–water partition coefficient (Wildman–Crippen LogP) is 3.91. The number of amides is 1. The third-order valence-electron chi connectivity index (χ3n) is 3.35. The Balaban J connectivity index is 1.67. The number of aromatic nitrogens is 1.